The average Bonchev–Trinajstić information content (AvgIpc) is 2.80. The molecule has 10 N–H and O–H groups in total. The molecule has 0 bridgehead atoms. The number of aliphatic carboxylic acids is 1. The Labute approximate surface area is 214 Å². The van der Waals surface area contributed by atoms with Gasteiger partial charge in [0.25, 0.3) is 0 Å². The Morgan fingerprint density at radius 1 is 0.811 bits per heavy atom. The van der Waals surface area contributed by atoms with E-state index < -0.39 is 66.1 Å². The molecule has 13 nitrogen and oxygen atoms in total. The van der Waals surface area contributed by atoms with Gasteiger partial charge in [-0.2, -0.15) is 0 Å². The van der Waals surface area contributed by atoms with Crippen LogP contribution < -0.4 is 33.2 Å². The highest BCUT2D eigenvalue weighted by Gasteiger charge is 2.31. The van der Waals surface area contributed by atoms with Crippen molar-refractivity contribution in [2.24, 2.45) is 23.1 Å². The fourth-order valence-corrected chi connectivity index (χ4v) is 3.42. The summed E-state index contributed by atoms with van der Waals surface area (Å²) in [4.78, 5) is 72.7. The molecule has 0 saturated heterocycles. The summed E-state index contributed by atoms with van der Waals surface area (Å²) in [6.07, 6.45) is -0.618. The van der Waals surface area contributed by atoms with Crippen LogP contribution in [0.5, 0.6) is 0 Å². The summed E-state index contributed by atoms with van der Waals surface area (Å²) in [6, 6.07) is 3.52. The molecule has 1 aromatic carbocycles. The maximum Gasteiger partial charge on any atom is 0.326 e. The molecule has 4 unspecified atom stereocenters. The summed E-state index contributed by atoms with van der Waals surface area (Å²) in [7, 11) is 0. The van der Waals surface area contributed by atoms with Crippen molar-refractivity contribution in [3.63, 3.8) is 0 Å². The van der Waals surface area contributed by atoms with E-state index >= 15 is 0 Å². The molecule has 0 spiro atoms. The van der Waals surface area contributed by atoms with Crippen molar-refractivity contribution in [2.45, 2.75) is 70.1 Å². The molecule has 37 heavy (non-hydrogen) atoms. The van der Waals surface area contributed by atoms with Crippen LogP contribution in [0.25, 0.3) is 0 Å². The zero-order valence-corrected chi connectivity index (χ0v) is 20.9. The van der Waals surface area contributed by atoms with Crippen molar-refractivity contribution >= 4 is 35.5 Å². The van der Waals surface area contributed by atoms with E-state index in [2.05, 4.69) is 16.0 Å². The third kappa shape index (κ3) is 12.0. The van der Waals surface area contributed by atoms with Crippen LogP contribution in [0.15, 0.2) is 30.3 Å². The zero-order chi connectivity index (χ0) is 28.1. The molecule has 5 amide bonds. The molecule has 1 aromatic rings. The SMILES string of the molecule is CC(C)CC(NC(=O)C(N)CCC(N)=O)C(=O)NC(CC(N)=O)C(=O)NC(Cc1ccccc1)C(=O)O. The lowest BCUT2D eigenvalue weighted by molar-refractivity contribution is -0.142. The summed E-state index contributed by atoms with van der Waals surface area (Å²) in [5, 5.41) is 16.8. The number of amides is 5. The van der Waals surface area contributed by atoms with E-state index in [1.54, 1.807) is 44.2 Å². The number of nitrogens with one attached hydrogen (secondary N) is 3. The van der Waals surface area contributed by atoms with E-state index in [1.807, 2.05) is 0 Å². The largest absolute Gasteiger partial charge is 0.480 e. The van der Waals surface area contributed by atoms with E-state index in [0.29, 0.717) is 5.56 Å². The number of rotatable bonds is 16. The van der Waals surface area contributed by atoms with Crippen LogP contribution in [-0.4, -0.2) is 64.8 Å². The quantitative estimate of drug-likeness (QED) is 0.132. The molecule has 1 rings (SSSR count). The maximum absolute atomic E-state index is 13.0. The predicted molar refractivity (Wildman–Crippen MR) is 133 cm³/mol. The Morgan fingerprint density at radius 3 is 1.86 bits per heavy atom. The molecule has 0 aliphatic rings. The Balaban J connectivity index is 2.99. The lowest BCUT2D eigenvalue weighted by atomic mass is 10.0. The first-order valence-electron chi connectivity index (χ1n) is 11.8. The summed E-state index contributed by atoms with van der Waals surface area (Å²) in [6.45, 7) is 3.60. The molecule has 0 radical (unpaired) electrons. The molecule has 4 atom stereocenters. The molecule has 0 fully saturated rings. The van der Waals surface area contributed by atoms with Gasteiger partial charge in [0.05, 0.1) is 12.5 Å². The standard InChI is InChI=1S/C24H36N6O7/c1-13(2)10-16(28-21(33)15(25)8-9-19(26)31)22(34)29-17(12-20(27)32)23(35)30-18(24(36)37)11-14-6-4-3-5-7-14/h3-7,13,15-18H,8-12,25H2,1-2H3,(H2,26,31)(H2,27,32)(H,28,33)(H,29,34)(H,30,35)(H,36,37). The summed E-state index contributed by atoms with van der Waals surface area (Å²) < 4.78 is 0. The highest BCUT2D eigenvalue weighted by molar-refractivity contribution is 5.96. The normalized spacial score (nSPS) is 14.1. The van der Waals surface area contributed by atoms with Gasteiger partial charge in [0.1, 0.15) is 18.1 Å². The van der Waals surface area contributed by atoms with Gasteiger partial charge in [0, 0.05) is 12.8 Å². The van der Waals surface area contributed by atoms with Gasteiger partial charge in [0.15, 0.2) is 0 Å². The van der Waals surface area contributed by atoms with Crippen LogP contribution in [0.3, 0.4) is 0 Å². The number of primary amides is 2. The number of nitrogens with two attached hydrogens (primary N) is 3. The van der Waals surface area contributed by atoms with Crippen molar-refractivity contribution < 1.29 is 33.9 Å². The number of hydrogen-bond acceptors (Lipinski definition) is 7. The lowest BCUT2D eigenvalue weighted by Gasteiger charge is -2.25. The molecule has 0 aliphatic heterocycles. The van der Waals surface area contributed by atoms with Crippen molar-refractivity contribution in [3.05, 3.63) is 35.9 Å². The van der Waals surface area contributed by atoms with Gasteiger partial charge in [-0.05, 0) is 24.3 Å². The number of carbonyl (C=O) groups is 6. The van der Waals surface area contributed by atoms with Crippen molar-refractivity contribution in [1.29, 1.82) is 0 Å². The van der Waals surface area contributed by atoms with Gasteiger partial charge in [-0.3, -0.25) is 24.0 Å². The molecular weight excluding hydrogens is 484 g/mol. The summed E-state index contributed by atoms with van der Waals surface area (Å²) in [5.74, 6) is -5.34. The van der Waals surface area contributed by atoms with Crippen LogP contribution >= 0.6 is 0 Å². The van der Waals surface area contributed by atoms with Crippen molar-refractivity contribution in [2.75, 3.05) is 0 Å². The van der Waals surface area contributed by atoms with E-state index in [0.717, 1.165) is 0 Å². The Bertz CT molecular complexity index is 970. The third-order valence-corrected chi connectivity index (χ3v) is 5.31. The van der Waals surface area contributed by atoms with Gasteiger partial charge < -0.3 is 38.3 Å². The fourth-order valence-electron chi connectivity index (χ4n) is 3.42. The van der Waals surface area contributed by atoms with Crippen LogP contribution in [0, 0.1) is 5.92 Å². The number of carboxylic acid groups (broad SMARTS) is 1. The minimum atomic E-state index is -1.49. The van der Waals surface area contributed by atoms with Gasteiger partial charge >= 0.3 is 5.97 Å². The number of carbonyl (C=O) groups excluding carboxylic acids is 5. The third-order valence-electron chi connectivity index (χ3n) is 5.31. The second-order valence-corrected chi connectivity index (χ2v) is 9.12. The lowest BCUT2D eigenvalue weighted by Crippen LogP contribution is -2.58. The molecule has 0 saturated carbocycles. The number of carboxylic acids is 1. The van der Waals surface area contributed by atoms with Gasteiger partial charge in [0.2, 0.25) is 29.5 Å². The van der Waals surface area contributed by atoms with Gasteiger partial charge in [-0.15, -0.1) is 0 Å². The predicted octanol–water partition coefficient (Wildman–Crippen LogP) is -1.72. The van der Waals surface area contributed by atoms with E-state index in [1.165, 1.54) is 0 Å². The van der Waals surface area contributed by atoms with E-state index in [-0.39, 0.29) is 31.6 Å². The second kappa shape index (κ2) is 15.2. The first-order chi connectivity index (χ1) is 17.3. The summed E-state index contributed by atoms with van der Waals surface area (Å²) in [5.41, 5.74) is 16.7. The Hall–Kier alpha value is -4.00. The van der Waals surface area contributed by atoms with E-state index in [9.17, 15) is 33.9 Å². The topological polar surface area (TPSA) is 237 Å². The monoisotopic (exact) mass is 520 g/mol. The molecule has 0 aromatic heterocycles. The van der Waals surface area contributed by atoms with Crippen LogP contribution in [0.4, 0.5) is 0 Å². The van der Waals surface area contributed by atoms with Crippen molar-refractivity contribution in [3.8, 4) is 0 Å². The fraction of sp³-hybridized carbons (Fsp3) is 0.500. The first kappa shape index (κ1) is 31.0. The van der Waals surface area contributed by atoms with Gasteiger partial charge in [-0.25, -0.2) is 4.79 Å². The van der Waals surface area contributed by atoms with Crippen molar-refractivity contribution in [1.82, 2.24) is 16.0 Å². The second-order valence-electron chi connectivity index (χ2n) is 9.12. The minimum Gasteiger partial charge on any atom is -0.480 e. The number of hydrogen-bond donors (Lipinski definition) is 7. The maximum atomic E-state index is 13.0. The zero-order valence-electron chi connectivity index (χ0n) is 20.9. The average molecular weight is 521 g/mol. The molecule has 13 heteroatoms. The molecule has 204 valence electrons. The van der Waals surface area contributed by atoms with Crippen LogP contribution in [0.2, 0.25) is 0 Å². The Kier molecular flexibility index (Phi) is 12.7. The minimum absolute atomic E-state index is 0.0259. The molecule has 0 aliphatic carbocycles. The van der Waals surface area contributed by atoms with E-state index in [4.69, 9.17) is 17.2 Å². The van der Waals surface area contributed by atoms with Crippen LogP contribution in [-0.2, 0) is 35.2 Å². The smallest absolute Gasteiger partial charge is 0.326 e. The molecule has 0 heterocycles. The highest BCUT2D eigenvalue weighted by atomic mass is 16.4. The molecular formula is C24H36N6O7. The highest BCUT2D eigenvalue weighted by Crippen LogP contribution is 2.08. The number of benzene rings is 1. The summed E-state index contributed by atoms with van der Waals surface area (Å²) >= 11 is 0. The Morgan fingerprint density at radius 2 is 1.35 bits per heavy atom. The first-order valence-corrected chi connectivity index (χ1v) is 11.8. The van der Waals surface area contributed by atoms with Gasteiger partial charge in [-0.1, -0.05) is 44.2 Å². The van der Waals surface area contributed by atoms with Crippen LogP contribution in [0.1, 0.15) is 45.1 Å².